The smallest absolute Gasteiger partial charge is 0.240 e. The summed E-state index contributed by atoms with van der Waals surface area (Å²) in [5.74, 6) is 1.09. The van der Waals surface area contributed by atoms with Crippen LogP contribution in [0.4, 0.5) is 0 Å². The highest BCUT2D eigenvalue weighted by atomic mass is 16.5. The van der Waals surface area contributed by atoms with Gasteiger partial charge in [-0.25, -0.2) is 0 Å². The molecule has 0 unspecified atom stereocenters. The van der Waals surface area contributed by atoms with Crippen molar-refractivity contribution in [1.29, 1.82) is 0 Å². The van der Waals surface area contributed by atoms with Crippen LogP contribution in [0.5, 0.6) is 0 Å². The number of rotatable bonds is 6. The fourth-order valence-electron chi connectivity index (χ4n) is 1.92. The van der Waals surface area contributed by atoms with Gasteiger partial charge in [-0.15, -0.1) is 0 Å². The third-order valence-electron chi connectivity index (χ3n) is 2.95. The Morgan fingerprint density at radius 2 is 2.05 bits per heavy atom. The average Bonchev–Trinajstić information content (AvgIpc) is 3.00. The number of fused-ring (bicyclic) bond motifs is 1. The number of nitrogens with one attached hydrogen (secondary N) is 1. The molecular weight excluding hydrogens is 270 g/mol. The molecule has 7 heteroatoms. The highest BCUT2D eigenvalue weighted by molar-refractivity contribution is 5.79. The molecule has 7 nitrogen and oxygen atoms in total. The van der Waals surface area contributed by atoms with Gasteiger partial charge in [0.2, 0.25) is 11.7 Å². The molecule has 0 saturated heterocycles. The SMILES string of the molecule is COCCNCc1nc(-c2ccc3nccnc3c2)no1. The van der Waals surface area contributed by atoms with Crippen LogP contribution in [-0.2, 0) is 11.3 Å². The monoisotopic (exact) mass is 285 g/mol. The van der Waals surface area contributed by atoms with Gasteiger partial charge >= 0.3 is 0 Å². The van der Waals surface area contributed by atoms with Gasteiger partial charge in [-0.05, 0) is 18.2 Å². The minimum Gasteiger partial charge on any atom is -0.383 e. The van der Waals surface area contributed by atoms with Crippen molar-refractivity contribution in [3.8, 4) is 11.4 Å². The lowest BCUT2D eigenvalue weighted by atomic mass is 10.2. The lowest BCUT2D eigenvalue weighted by molar-refractivity contribution is 0.197. The zero-order valence-electron chi connectivity index (χ0n) is 11.6. The van der Waals surface area contributed by atoms with Crippen molar-refractivity contribution in [2.75, 3.05) is 20.3 Å². The lowest BCUT2D eigenvalue weighted by Crippen LogP contribution is -2.18. The molecule has 108 valence electrons. The second-order valence-corrected chi connectivity index (χ2v) is 4.44. The summed E-state index contributed by atoms with van der Waals surface area (Å²) < 4.78 is 10.2. The molecule has 3 aromatic rings. The number of hydrogen-bond acceptors (Lipinski definition) is 7. The molecular formula is C14H15N5O2. The van der Waals surface area contributed by atoms with Gasteiger partial charge in [-0.1, -0.05) is 5.16 Å². The first kappa shape index (κ1) is 13.6. The van der Waals surface area contributed by atoms with E-state index in [1.165, 1.54) is 0 Å². The minimum atomic E-state index is 0.518. The van der Waals surface area contributed by atoms with Crippen molar-refractivity contribution in [2.45, 2.75) is 6.54 Å². The largest absolute Gasteiger partial charge is 0.383 e. The van der Waals surface area contributed by atoms with Gasteiger partial charge in [-0.3, -0.25) is 9.97 Å². The van der Waals surface area contributed by atoms with E-state index in [4.69, 9.17) is 9.26 Å². The maximum atomic E-state index is 5.21. The summed E-state index contributed by atoms with van der Waals surface area (Å²) in [4.78, 5) is 12.9. The molecule has 2 aromatic heterocycles. The van der Waals surface area contributed by atoms with Gasteiger partial charge in [-0.2, -0.15) is 4.98 Å². The zero-order chi connectivity index (χ0) is 14.5. The van der Waals surface area contributed by atoms with Gasteiger partial charge in [0.05, 0.1) is 24.2 Å². The highest BCUT2D eigenvalue weighted by Crippen LogP contribution is 2.19. The number of ether oxygens (including phenoxy) is 1. The molecule has 1 N–H and O–H groups in total. The number of aromatic nitrogens is 4. The Kier molecular flexibility index (Phi) is 4.13. The van der Waals surface area contributed by atoms with Gasteiger partial charge in [0.1, 0.15) is 0 Å². The summed E-state index contributed by atoms with van der Waals surface area (Å²) in [6, 6.07) is 5.70. The summed E-state index contributed by atoms with van der Waals surface area (Å²) in [6.07, 6.45) is 3.33. The van der Waals surface area contributed by atoms with Crippen LogP contribution in [0.3, 0.4) is 0 Å². The summed E-state index contributed by atoms with van der Waals surface area (Å²) in [5.41, 5.74) is 2.50. The van der Waals surface area contributed by atoms with Crippen molar-refractivity contribution in [3.05, 3.63) is 36.5 Å². The van der Waals surface area contributed by atoms with Crippen LogP contribution < -0.4 is 5.32 Å². The number of methoxy groups -OCH3 is 1. The van der Waals surface area contributed by atoms with E-state index in [0.29, 0.717) is 24.9 Å². The number of hydrogen-bond donors (Lipinski definition) is 1. The van der Waals surface area contributed by atoms with Crippen LogP contribution in [0, 0.1) is 0 Å². The minimum absolute atomic E-state index is 0.518. The molecule has 0 spiro atoms. The molecule has 0 radical (unpaired) electrons. The normalized spacial score (nSPS) is 11.1. The second-order valence-electron chi connectivity index (χ2n) is 4.44. The highest BCUT2D eigenvalue weighted by Gasteiger charge is 2.09. The van der Waals surface area contributed by atoms with E-state index in [0.717, 1.165) is 23.1 Å². The van der Waals surface area contributed by atoms with Crippen LogP contribution in [0.2, 0.25) is 0 Å². The third kappa shape index (κ3) is 3.21. The zero-order valence-corrected chi connectivity index (χ0v) is 11.6. The van der Waals surface area contributed by atoms with E-state index >= 15 is 0 Å². The Morgan fingerprint density at radius 3 is 2.90 bits per heavy atom. The predicted octanol–water partition coefficient (Wildman–Crippen LogP) is 1.42. The first-order valence-corrected chi connectivity index (χ1v) is 6.60. The summed E-state index contributed by atoms with van der Waals surface area (Å²) >= 11 is 0. The van der Waals surface area contributed by atoms with E-state index in [1.54, 1.807) is 19.5 Å². The molecule has 0 amide bonds. The van der Waals surface area contributed by atoms with Crippen LogP contribution >= 0.6 is 0 Å². The van der Waals surface area contributed by atoms with Crippen LogP contribution in [0.25, 0.3) is 22.4 Å². The summed E-state index contributed by atoms with van der Waals surface area (Å²) in [7, 11) is 1.66. The van der Waals surface area contributed by atoms with Crippen molar-refractivity contribution < 1.29 is 9.26 Å². The van der Waals surface area contributed by atoms with Crippen LogP contribution in [0.15, 0.2) is 35.1 Å². The Hall–Kier alpha value is -2.38. The maximum Gasteiger partial charge on any atom is 0.240 e. The molecule has 3 rings (SSSR count). The van der Waals surface area contributed by atoms with E-state index in [2.05, 4.69) is 25.4 Å². The van der Waals surface area contributed by atoms with Crippen LogP contribution in [0.1, 0.15) is 5.89 Å². The Balaban J connectivity index is 1.75. The van der Waals surface area contributed by atoms with E-state index in [-0.39, 0.29) is 0 Å². The van der Waals surface area contributed by atoms with E-state index in [9.17, 15) is 0 Å². The molecule has 0 aliphatic heterocycles. The molecule has 0 atom stereocenters. The Morgan fingerprint density at radius 1 is 1.19 bits per heavy atom. The lowest BCUT2D eigenvalue weighted by Gasteiger charge is -1.99. The molecule has 2 heterocycles. The van der Waals surface area contributed by atoms with Crippen molar-refractivity contribution in [2.24, 2.45) is 0 Å². The van der Waals surface area contributed by atoms with Gasteiger partial charge in [0, 0.05) is 31.6 Å². The predicted molar refractivity (Wildman–Crippen MR) is 76.4 cm³/mol. The quantitative estimate of drug-likeness (QED) is 0.685. The average molecular weight is 285 g/mol. The molecule has 0 aliphatic carbocycles. The topological polar surface area (TPSA) is 86.0 Å². The molecule has 0 bridgehead atoms. The summed E-state index contributed by atoms with van der Waals surface area (Å²) in [6.45, 7) is 1.90. The fourth-order valence-corrected chi connectivity index (χ4v) is 1.92. The van der Waals surface area contributed by atoms with Gasteiger partial charge in [0.15, 0.2) is 0 Å². The van der Waals surface area contributed by atoms with E-state index < -0.39 is 0 Å². The number of benzene rings is 1. The van der Waals surface area contributed by atoms with Crippen molar-refractivity contribution in [3.63, 3.8) is 0 Å². The van der Waals surface area contributed by atoms with Crippen molar-refractivity contribution >= 4 is 11.0 Å². The van der Waals surface area contributed by atoms with Gasteiger partial charge in [0.25, 0.3) is 0 Å². The molecule has 21 heavy (non-hydrogen) atoms. The van der Waals surface area contributed by atoms with E-state index in [1.807, 2.05) is 18.2 Å². The third-order valence-corrected chi connectivity index (χ3v) is 2.95. The molecule has 0 saturated carbocycles. The second kappa shape index (κ2) is 6.38. The molecule has 1 aromatic carbocycles. The Bertz CT molecular complexity index is 728. The first-order valence-electron chi connectivity index (χ1n) is 6.60. The fraction of sp³-hybridized carbons (Fsp3) is 0.286. The van der Waals surface area contributed by atoms with Crippen LogP contribution in [-0.4, -0.2) is 40.4 Å². The number of nitrogens with zero attached hydrogens (tertiary/aromatic N) is 4. The Labute approximate surface area is 121 Å². The maximum absolute atomic E-state index is 5.21. The van der Waals surface area contributed by atoms with Crippen molar-refractivity contribution in [1.82, 2.24) is 25.4 Å². The molecule has 0 fully saturated rings. The summed E-state index contributed by atoms with van der Waals surface area (Å²) in [5, 5.41) is 7.14. The van der Waals surface area contributed by atoms with Gasteiger partial charge < -0.3 is 14.6 Å². The standard InChI is InChI=1S/C14H15N5O2/c1-20-7-6-15-9-13-18-14(19-21-13)10-2-3-11-12(8-10)17-5-4-16-11/h2-5,8,15H,6-7,9H2,1H3. The first-order chi connectivity index (χ1) is 10.4. The molecule has 0 aliphatic rings.